The van der Waals surface area contributed by atoms with Crippen molar-refractivity contribution in [3.05, 3.63) is 17.8 Å². The number of aryl methyl sites for hydroxylation is 1. The van der Waals surface area contributed by atoms with Crippen molar-refractivity contribution < 1.29 is 4.42 Å². The molecule has 1 aromatic rings. The van der Waals surface area contributed by atoms with Crippen LogP contribution in [0, 0.1) is 5.92 Å². The van der Waals surface area contributed by atoms with E-state index < -0.39 is 0 Å². The molecule has 3 heteroatoms. The van der Waals surface area contributed by atoms with E-state index in [1.165, 1.54) is 32.1 Å². The molecule has 0 aliphatic heterocycles. The third-order valence-corrected chi connectivity index (χ3v) is 3.61. The van der Waals surface area contributed by atoms with Gasteiger partial charge in [0.25, 0.3) is 0 Å². The van der Waals surface area contributed by atoms with Crippen molar-refractivity contribution in [2.45, 2.75) is 51.4 Å². The topological polar surface area (TPSA) is 26.0 Å². The molecule has 0 N–H and O–H groups in total. The number of hydrogen-bond acceptors (Lipinski definition) is 2. The van der Waals surface area contributed by atoms with Crippen LogP contribution in [0.1, 0.15) is 50.2 Å². The zero-order valence-corrected chi connectivity index (χ0v) is 10.5. The summed E-state index contributed by atoms with van der Waals surface area (Å²) in [6.45, 7) is 0. The molecule has 0 aromatic carbocycles. The molecule has 16 heavy (non-hydrogen) atoms. The molecule has 1 saturated carbocycles. The highest BCUT2D eigenvalue weighted by atomic mass is 35.5. The molecule has 1 fully saturated rings. The normalized spacial score (nSPS) is 17.8. The summed E-state index contributed by atoms with van der Waals surface area (Å²) in [6.07, 6.45) is 11.7. The summed E-state index contributed by atoms with van der Waals surface area (Å²) in [4.78, 5) is 4.29. The van der Waals surface area contributed by atoms with Gasteiger partial charge in [0.15, 0.2) is 5.89 Å². The lowest BCUT2D eigenvalue weighted by Crippen LogP contribution is -2.08. The first kappa shape index (κ1) is 12.0. The lowest BCUT2D eigenvalue weighted by molar-refractivity contribution is 0.328. The minimum Gasteiger partial charge on any atom is -0.446 e. The molecule has 90 valence electrons. The van der Waals surface area contributed by atoms with E-state index in [-0.39, 0.29) is 0 Å². The SMILES string of the molecule is ClCCCc1ncc(CC2CCCCC2)o1. The highest BCUT2D eigenvalue weighted by Crippen LogP contribution is 2.27. The standard InChI is InChI=1S/C13H20ClNO/c14-8-4-7-13-15-10-12(16-13)9-11-5-2-1-3-6-11/h10-11H,1-9H2. The Morgan fingerprint density at radius 2 is 2.12 bits per heavy atom. The van der Waals surface area contributed by atoms with Gasteiger partial charge in [0.2, 0.25) is 0 Å². The van der Waals surface area contributed by atoms with E-state index in [0.717, 1.165) is 36.8 Å². The Balaban J connectivity index is 1.81. The minimum absolute atomic E-state index is 0.681. The second kappa shape index (κ2) is 6.29. The highest BCUT2D eigenvalue weighted by Gasteiger charge is 2.16. The van der Waals surface area contributed by atoms with E-state index >= 15 is 0 Å². The number of nitrogens with zero attached hydrogens (tertiary/aromatic N) is 1. The predicted octanol–water partition coefficient (Wildman–Crippen LogP) is 3.97. The molecular weight excluding hydrogens is 222 g/mol. The number of oxazole rings is 1. The van der Waals surface area contributed by atoms with Crippen LogP contribution < -0.4 is 0 Å². The van der Waals surface area contributed by atoms with Crippen LogP contribution in [-0.4, -0.2) is 10.9 Å². The van der Waals surface area contributed by atoms with E-state index in [4.69, 9.17) is 16.0 Å². The van der Waals surface area contributed by atoms with Crippen molar-refractivity contribution >= 4 is 11.6 Å². The average Bonchev–Trinajstić information content (AvgIpc) is 2.75. The summed E-state index contributed by atoms with van der Waals surface area (Å²) in [5.41, 5.74) is 0. The minimum atomic E-state index is 0.681. The van der Waals surface area contributed by atoms with Crippen LogP contribution in [0.2, 0.25) is 0 Å². The summed E-state index contributed by atoms with van der Waals surface area (Å²) < 4.78 is 5.72. The lowest BCUT2D eigenvalue weighted by atomic mass is 9.86. The summed E-state index contributed by atoms with van der Waals surface area (Å²) >= 11 is 5.64. The smallest absolute Gasteiger partial charge is 0.194 e. The first-order chi connectivity index (χ1) is 7.88. The number of alkyl halides is 1. The fourth-order valence-corrected chi connectivity index (χ4v) is 2.59. The molecule has 0 saturated heterocycles. The summed E-state index contributed by atoms with van der Waals surface area (Å²) in [5, 5.41) is 0. The van der Waals surface area contributed by atoms with E-state index in [1.54, 1.807) is 0 Å². The molecule has 1 heterocycles. The van der Waals surface area contributed by atoms with Crippen LogP contribution >= 0.6 is 11.6 Å². The molecule has 2 rings (SSSR count). The van der Waals surface area contributed by atoms with Gasteiger partial charge in [-0.3, -0.25) is 0 Å². The Hall–Kier alpha value is -0.500. The number of halogens is 1. The van der Waals surface area contributed by atoms with Crippen molar-refractivity contribution in [3.63, 3.8) is 0 Å². The molecule has 1 aliphatic carbocycles. The van der Waals surface area contributed by atoms with Gasteiger partial charge in [-0.15, -0.1) is 11.6 Å². The maximum absolute atomic E-state index is 5.72. The van der Waals surface area contributed by atoms with Crippen LogP contribution in [0.3, 0.4) is 0 Å². The highest BCUT2D eigenvalue weighted by molar-refractivity contribution is 6.17. The number of hydrogen-bond donors (Lipinski definition) is 0. The Bertz CT molecular complexity index is 305. The first-order valence-electron chi connectivity index (χ1n) is 6.38. The van der Waals surface area contributed by atoms with Crippen molar-refractivity contribution in [1.82, 2.24) is 4.98 Å². The molecule has 2 nitrogen and oxygen atoms in total. The van der Waals surface area contributed by atoms with Gasteiger partial charge in [-0.2, -0.15) is 0 Å². The predicted molar refractivity (Wildman–Crippen MR) is 65.8 cm³/mol. The van der Waals surface area contributed by atoms with Crippen LogP contribution in [0.25, 0.3) is 0 Å². The molecule has 0 bridgehead atoms. The van der Waals surface area contributed by atoms with Gasteiger partial charge in [-0.1, -0.05) is 32.1 Å². The monoisotopic (exact) mass is 241 g/mol. The molecule has 0 unspecified atom stereocenters. The van der Waals surface area contributed by atoms with Gasteiger partial charge in [0.05, 0.1) is 6.20 Å². The van der Waals surface area contributed by atoms with Gasteiger partial charge in [0.1, 0.15) is 5.76 Å². The second-order valence-corrected chi connectivity index (χ2v) is 5.10. The third-order valence-electron chi connectivity index (χ3n) is 3.34. The van der Waals surface area contributed by atoms with Gasteiger partial charge in [-0.25, -0.2) is 4.98 Å². The molecule has 0 radical (unpaired) electrons. The van der Waals surface area contributed by atoms with Crippen LogP contribution in [-0.2, 0) is 12.8 Å². The fourth-order valence-electron chi connectivity index (χ4n) is 2.45. The number of rotatable bonds is 5. The largest absolute Gasteiger partial charge is 0.446 e. The molecule has 0 spiro atoms. The van der Waals surface area contributed by atoms with E-state index in [2.05, 4.69) is 4.98 Å². The zero-order chi connectivity index (χ0) is 11.2. The summed E-state index contributed by atoms with van der Waals surface area (Å²) in [6, 6.07) is 0. The van der Waals surface area contributed by atoms with Crippen molar-refractivity contribution in [2.75, 3.05) is 5.88 Å². The zero-order valence-electron chi connectivity index (χ0n) is 9.75. The molecule has 1 aromatic heterocycles. The maximum atomic E-state index is 5.72. The Morgan fingerprint density at radius 1 is 1.31 bits per heavy atom. The van der Waals surface area contributed by atoms with Gasteiger partial charge < -0.3 is 4.42 Å². The Morgan fingerprint density at radius 3 is 2.88 bits per heavy atom. The van der Waals surface area contributed by atoms with Crippen LogP contribution in [0.5, 0.6) is 0 Å². The molecule has 0 atom stereocenters. The summed E-state index contributed by atoms with van der Waals surface area (Å²) in [7, 11) is 0. The number of aromatic nitrogens is 1. The van der Waals surface area contributed by atoms with Crippen molar-refractivity contribution in [3.8, 4) is 0 Å². The first-order valence-corrected chi connectivity index (χ1v) is 6.91. The van der Waals surface area contributed by atoms with Crippen molar-refractivity contribution in [1.29, 1.82) is 0 Å². The quantitative estimate of drug-likeness (QED) is 0.729. The van der Waals surface area contributed by atoms with E-state index in [0.29, 0.717) is 5.88 Å². The van der Waals surface area contributed by atoms with E-state index in [9.17, 15) is 0 Å². The average molecular weight is 242 g/mol. The summed E-state index contributed by atoms with van der Waals surface area (Å²) in [5.74, 6) is 3.42. The van der Waals surface area contributed by atoms with Crippen molar-refractivity contribution in [2.24, 2.45) is 5.92 Å². The van der Waals surface area contributed by atoms with Crippen LogP contribution in [0.4, 0.5) is 0 Å². The van der Waals surface area contributed by atoms with E-state index in [1.807, 2.05) is 6.20 Å². The lowest BCUT2D eigenvalue weighted by Gasteiger charge is -2.19. The van der Waals surface area contributed by atoms with Gasteiger partial charge in [0, 0.05) is 18.7 Å². The van der Waals surface area contributed by atoms with Crippen LogP contribution in [0.15, 0.2) is 10.6 Å². The van der Waals surface area contributed by atoms with Gasteiger partial charge >= 0.3 is 0 Å². The Labute approximate surface area is 102 Å². The molecule has 0 amide bonds. The molecule has 1 aliphatic rings. The maximum Gasteiger partial charge on any atom is 0.194 e. The third kappa shape index (κ3) is 3.51. The fraction of sp³-hybridized carbons (Fsp3) is 0.769. The second-order valence-electron chi connectivity index (χ2n) is 4.72. The van der Waals surface area contributed by atoms with Gasteiger partial charge in [-0.05, 0) is 12.3 Å². The Kier molecular flexibility index (Phi) is 4.70. The molecular formula is C13H20ClNO.